The van der Waals surface area contributed by atoms with E-state index in [1.165, 1.54) is 0 Å². The van der Waals surface area contributed by atoms with Crippen LogP contribution in [0.5, 0.6) is 0 Å². The van der Waals surface area contributed by atoms with E-state index in [0.717, 1.165) is 24.0 Å². The molecular formula is C17H15NO2. The number of primary amides is 1. The van der Waals surface area contributed by atoms with E-state index in [2.05, 4.69) is 6.92 Å². The molecule has 2 aromatic carbocycles. The summed E-state index contributed by atoms with van der Waals surface area (Å²) in [6, 6.07) is 11.0. The summed E-state index contributed by atoms with van der Waals surface area (Å²) in [7, 11) is 0. The van der Waals surface area contributed by atoms with Crippen LogP contribution in [0.15, 0.2) is 36.4 Å². The van der Waals surface area contributed by atoms with Gasteiger partial charge in [0.1, 0.15) is 0 Å². The standard InChI is InChI=1S/C17H15NO2/c1-2-5-10-8-9-13(17(18)20)15-11-6-3-4-7-12(11)16(19)14(10)15/h3-4,6-9H,2,5H2,1H3,(H2,18,20). The number of carbonyl (C=O) groups excluding carboxylic acids is 2. The van der Waals surface area contributed by atoms with E-state index in [-0.39, 0.29) is 5.78 Å². The third kappa shape index (κ3) is 1.67. The van der Waals surface area contributed by atoms with E-state index >= 15 is 0 Å². The minimum Gasteiger partial charge on any atom is -0.366 e. The van der Waals surface area contributed by atoms with Gasteiger partial charge in [0, 0.05) is 22.3 Å². The predicted molar refractivity (Wildman–Crippen MR) is 77.8 cm³/mol. The van der Waals surface area contributed by atoms with Gasteiger partial charge in [-0.25, -0.2) is 0 Å². The lowest BCUT2D eigenvalue weighted by atomic mass is 9.93. The number of hydrogen-bond acceptors (Lipinski definition) is 2. The molecule has 20 heavy (non-hydrogen) atoms. The van der Waals surface area contributed by atoms with Gasteiger partial charge in [0.05, 0.1) is 0 Å². The van der Waals surface area contributed by atoms with Crippen molar-refractivity contribution >= 4 is 11.7 Å². The zero-order valence-corrected chi connectivity index (χ0v) is 11.3. The lowest BCUT2D eigenvalue weighted by Gasteiger charge is -2.10. The molecule has 0 fully saturated rings. The van der Waals surface area contributed by atoms with E-state index < -0.39 is 5.91 Å². The monoisotopic (exact) mass is 265 g/mol. The lowest BCUT2D eigenvalue weighted by molar-refractivity contribution is 0.100. The SMILES string of the molecule is CCCc1ccc(C(N)=O)c2c1C(=O)c1ccccc1-2. The topological polar surface area (TPSA) is 60.2 Å². The zero-order valence-electron chi connectivity index (χ0n) is 11.3. The molecule has 0 bridgehead atoms. The molecule has 3 rings (SSSR count). The van der Waals surface area contributed by atoms with Gasteiger partial charge >= 0.3 is 0 Å². The minimum atomic E-state index is -0.492. The second-order valence-corrected chi connectivity index (χ2v) is 5.01. The number of nitrogens with two attached hydrogens (primary N) is 1. The molecule has 100 valence electrons. The first kappa shape index (κ1) is 12.6. The molecule has 0 spiro atoms. The maximum absolute atomic E-state index is 12.6. The van der Waals surface area contributed by atoms with Crippen LogP contribution >= 0.6 is 0 Å². The second kappa shape index (κ2) is 4.60. The van der Waals surface area contributed by atoms with Crippen LogP contribution in [0.4, 0.5) is 0 Å². The number of benzene rings is 2. The van der Waals surface area contributed by atoms with E-state index in [1.54, 1.807) is 12.1 Å². The summed E-state index contributed by atoms with van der Waals surface area (Å²) >= 11 is 0. The fraction of sp³-hybridized carbons (Fsp3) is 0.176. The normalized spacial score (nSPS) is 12.2. The molecule has 2 N–H and O–H groups in total. The highest BCUT2D eigenvalue weighted by Crippen LogP contribution is 2.40. The first-order valence-electron chi connectivity index (χ1n) is 6.75. The Morgan fingerprint density at radius 3 is 2.40 bits per heavy atom. The van der Waals surface area contributed by atoms with Crippen molar-refractivity contribution in [2.75, 3.05) is 0 Å². The second-order valence-electron chi connectivity index (χ2n) is 5.01. The molecule has 0 heterocycles. The fourth-order valence-electron chi connectivity index (χ4n) is 2.90. The minimum absolute atomic E-state index is 0.00199. The first-order valence-corrected chi connectivity index (χ1v) is 6.75. The number of ketones is 1. The summed E-state index contributed by atoms with van der Waals surface area (Å²) in [5, 5.41) is 0. The third-order valence-electron chi connectivity index (χ3n) is 3.74. The van der Waals surface area contributed by atoms with Crippen LogP contribution in [0.25, 0.3) is 11.1 Å². The van der Waals surface area contributed by atoms with E-state index in [9.17, 15) is 9.59 Å². The van der Waals surface area contributed by atoms with Crippen molar-refractivity contribution in [2.45, 2.75) is 19.8 Å². The van der Waals surface area contributed by atoms with Crippen LogP contribution in [0.1, 0.15) is 45.2 Å². The van der Waals surface area contributed by atoms with Gasteiger partial charge < -0.3 is 5.73 Å². The molecule has 0 atom stereocenters. The molecule has 0 saturated heterocycles. The molecule has 3 heteroatoms. The van der Waals surface area contributed by atoms with Crippen LogP contribution in [-0.4, -0.2) is 11.7 Å². The van der Waals surface area contributed by atoms with Crippen molar-refractivity contribution in [3.63, 3.8) is 0 Å². The van der Waals surface area contributed by atoms with Gasteiger partial charge in [-0.1, -0.05) is 43.7 Å². The van der Waals surface area contributed by atoms with Gasteiger partial charge in [-0.15, -0.1) is 0 Å². The third-order valence-corrected chi connectivity index (χ3v) is 3.74. The average Bonchev–Trinajstić information content (AvgIpc) is 2.74. The zero-order chi connectivity index (χ0) is 14.3. The Hall–Kier alpha value is -2.42. The number of rotatable bonds is 3. The van der Waals surface area contributed by atoms with Crippen molar-refractivity contribution in [1.82, 2.24) is 0 Å². The molecule has 1 amide bonds. The fourth-order valence-corrected chi connectivity index (χ4v) is 2.90. The van der Waals surface area contributed by atoms with Gasteiger partial charge in [-0.3, -0.25) is 9.59 Å². The number of fused-ring (bicyclic) bond motifs is 3. The Bertz CT molecular complexity index is 732. The summed E-state index contributed by atoms with van der Waals surface area (Å²) in [6.07, 6.45) is 1.77. The maximum atomic E-state index is 12.6. The van der Waals surface area contributed by atoms with Gasteiger partial charge in [0.15, 0.2) is 5.78 Å². The Labute approximate surface area is 117 Å². The summed E-state index contributed by atoms with van der Waals surface area (Å²) in [4.78, 5) is 24.3. The highest BCUT2D eigenvalue weighted by molar-refractivity contribution is 6.25. The van der Waals surface area contributed by atoms with Crippen LogP contribution in [-0.2, 0) is 6.42 Å². The molecule has 0 unspecified atom stereocenters. The van der Waals surface area contributed by atoms with Crippen LogP contribution in [0.2, 0.25) is 0 Å². The number of carbonyl (C=O) groups is 2. The van der Waals surface area contributed by atoms with Crippen LogP contribution in [0.3, 0.4) is 0 Å². The Kier molecular flexibility index (Phi) is 2.90. The Balaban J connectivity index is 2.37. The van der Waals surface area contributed by atoms with Gasteiger partial charge in [-0.2, -0.15) is 0 Å². The maximum Gasteiger partial charge on any atom is 0.249 e. The van der Waals surface area contributed by atoms with Gasteiger partial charge in [0.25, 0.3) is 0 Å². The molecule has 2 aromatic rings. The summed E-state index contributed by atoms with van der Waals surface area (Å²) < 4.78 is 0. The largest absolute Gasteiger partial charge is 0.366 e. The van der Waals surface area contributed by atoms with Crippen molar-refractivity contribution in [3.8, 4) is 11.1 Å². The van der Waals surface area contributed by atoms with Crippen molar-refractivity contribution < 1.29 is 9.59 Å². The van der Waals surface area contributed by atoms with Crippen molar-refractivity contribution in [1.29, 1.82) is 0 Å². The molecule has 1 aliphatic rings. The number of amides is 1. The Morgan fingerprint density at radius 2 is 1.75 bits per heavy atom. The van der Waals surface area contributed by atoms with Gasteiger partial charge in [-0.05, 0) is 23.6 Å². The molecule has 1 aliphatic carbocycles. The Morgan fingerprint density at radius 1 is 1.05 bits per heavy atom. The molecular weight excluding hydrogens is 250 g/mol. The predicted octanol–water partition coefficient (Wildman–Crippen LogP) is 2.95. The molecule has 0 aromatic heterocycles. The molecule has 0 radical (unpaired) electrons. The smallest absolute Gasteiger partial charge is 0.249 e. The molecule has 0 aliphatic heterocycles. The molecule has 3 nitrogen and oxygen atoms in total. The van der Waals surface area contributed by atoms with Gasteiger partial charge in [0.2, 0.25) is 5.91 Å². The first-order chi connectivity index (χ1) is 9.65. The number of aryl methyl sites for hydroxylation is 1. The average molecular weight is 265 g/mol. The van der Waals surface area contributed by atoms with E-state index in [1.807, 2.05) is 24.3 Å². The van der Waals surface area contributed by atoms with Crippen LogP contribution < -0.4 is 5.73 Å². The highest BCUT2D eigenvalue weighted by Gasteiger charge is 2.31. The van der Waals surface area contributed by atoms with Crippen molar-refractivity contribution in [3.05, 3.63) is 58.7 Å². The quantitative estimate of drug-likeness (QED) is 0.791. The molecule has 0 saturated carbocycles. The summed E-state index contributed by atoms with van der Waals surface area (Å²) in [5.74, 6) is -0.490. The lowest BCUT2D eigenvalue weighted by Crippen LogP contribution is -2.13. The van der Waals surface area contributed by atoms with Crippen LogP contribution in [0, 0.1) is 0 Å². The highest BCUT2D eigenvalue weighted by atomic mass is 16.1. The van der Waals surface area contributed by atoms with Crippen molar-refractivity contribution in [2.24, 2.45) is 5.73 Å². The summed E-state index contributed by atoms with van der Waals surface area (Å²) in [6.45, 7) is 2.07. The van der Waals surface area contributed by atoms with E-state index in [0.29, 0.717) is 22.3 Å². The van der Waals surface area contributed by atoms with E-state index in [4.69, 9.17) is 5.73 Å². The number of hydrogen-bond donors (Lipinski definition) is 1. The summed E-state index contributed by atoms with van der Waals surface area (Å²) in [5.41, 5.74) is 9.73.